The standard InChI is InChI=1S/C16H22/c1-11(2)14-10-9-13-6-3-5-12-7-4-8-15(14)16(12)13/h4,7-8,11,13-14H,3,5-6,9-10H2,1-2H3/t13-,14-/m1/s1. The Morgan fingerprint density at radius 1 is 1.12 bits per heavy atom. The van der Waals surface area contributed by atoms with Crippen molar-refractivity contribution in [3.63, 3.8) is 0 Å². The molecule has 0 amide bonds. The molecule has 1 aromatic rings. The highest BCUT2D eigenvalue weighted by Crippen LogP contribution is 2.47. The molecule has 0 saturated carbocycles. The van der Waals surface area contributed by atoms with E-state index >= 15 is 0 Å². The predicted octanol–water partition coefficient (Wildman–Crippen LogP) is 4.64. The fourth-order valence-corrected chi connectivity index (χ4v) is 3.87. The Hall–Kier alpha value is -0.780. The van der Waals surface area contributed by atoms with Crippen molar-refractivity contribution >= 4 is 0 Å². The van der Waals surface area contributed by atoms with Crippen LogP contribution >= 0.6 is 0 Å². The number of hydrogen-bond acceptors (Lipinski definition) is 0. The molecule has 0 N–H and O–H groups in total. The molecule has 0 nitrogen and oxygen atoms in total. The Labute approximate surface area is 99.1 Å². The third kappa shape index (κ3) is 1.50. The third-order valence-corrected chi connectivity index (χ3v) is 4.67. The molecule has 86 valence electrons. The van der Waals surface area contributed by atoms with Crippen molar-refractivity contribution in [1.29, 1.82) is 0 Å². The van der Waals surface area contributed by atoms with Crippen LogP contribution in [0.3, 0.4) is 0 Å². The summed E-state index contributed by atoms with van der Waals surface area (Å²) in [4.78, 5) is 0. The number of aryl methyl sites for hydroxylation is 1. The predicted molar refractivity (Wildman–Crippen MR) is 68.9 cm³/mol. The molecule has 0 aromatic heterocycles. The smallest absolute Gasteiger partial charge is 0.0136 e. The van der Waals surface area contributed by atoms with Gasteiger partial charge in [-0.3, -0.25) is 0 Å². The molecule has 0 bridgehead atoms. The maximum Gasteiger partial charge on any atom is -0.0136 e. The Kier molecular flexibility index (Phi) is 2.53. The van der Waals surface area contributed by atoms with Crippen LogP contribution in [0, 0.1) is 5.92 Å². The topological polar surface area (TPSA) is 0 Å². The van der Waals surface area contributed by atoms with Crippen LogP contribution in [0.5, 0.6) is 0 Å². The second-order valence-electron chi connectivity index (χ2n) is 5.94. The zero-order chi connectivity index (χ0) is 11.1. The largest absolute Gasteiger partial charge is 0.0622 e. The van der Waals surface area contributed by atoms with Gasteiger partial charge in [0.15, 0.2) is 0 Å². The Morgan fingerprint density at radius 3 is 2.81 bits per heavy atom. The van der Waals surface area contributed by atoms with Crippen molar-refractivity contribution in [1.82, 2.24) is 0 Å². The van der Waals surface area contributed by atoms with Crippen molar-refractivity contribution in [2.24, 2.45) is 5.92 Å². The van der Waals surface area contributed by atoms with Gasteiger partial charge < -0.3 is 0 Å². The molecule has 0 unspecified atom stereocenters. The summed E-state index contributed by atoms with van der Waals surface area (Å²) in [6.45, 7) is 4.76. The number of rotatable bonds is 1. The zero-order valence-electron chi connectivity index (χ0n) is 10.5. The average molecular weight is 214 g/mol. The summed E-state index contributed by atoms with van der Waals surface area (Å²) >= 11 is 0. The van der Waals surface area contributed by atoms with E-state index in [2.05, 4.69) is 32.0 Å². The molecule has 0 radical (unpaired) electrons. The van der Waals surface area contributed by atoms with Gasteiger partial charge in [-0.25, -0.2) is 0 Å². The highest BCUT2D eigenvalue weighted by molar-refractivity contribution is 5.43. The SMILES string of the molecule is CC(C)[C@H]1CC[C@H]2CCCc3cccc1c32. The first-order valence-corrected chi connectivity index (χ1v) is 6.89. The van der Waals surface area contributed by atoms with Crippen molar-refractivity contribution in [3.05, 3.63) is 34.9 Å². The molecule has 0 saturated heterocycles. The van der Waals surface area contributed by atoms with Crippen LogP contribution in [-0.4, -0.2) is 0 Å². The molecule has 3 rings (SSSR count). The summed E-state index contributed by atoms with van der Waals surface area (Å²) < 4.78 is 0. The van der Waals surface area contributed by atoms with E-state index < -0.39 is 0 Å². The lowest BCUT2D eigenvalue weighted by Gasteiger charge is -2.37. The maximum atomic E-state index is 2.40. The maximum absolute atomic E-state index is 2.40. The van der Waals surface area contributed by atoms with Gasteiger partial charge in [0.25, 0.3) is 0 Å². The average Bonchev–Trinajstić information content (AvgIpc) is 2.30. The van der Waals surface area contributed by atoms with Gasteiger partial charge in [-0.2, -0.15) is 0 Å². The van der Waals surface area contributed by atoms with Gasteiger partial charge in [-0.05, 0) is 66.5 Å². The lowest BCUT2D eigenvalue weighted by molar-refractivity contribution is 0.377. The Bertz CT molecular complexity index is 389. The van der Waals surface area contributed by atoms with E-state index in [4.69, 9.17) is 0 Å². The molecule has 0 aliphatic heterocycles. The molecule has 2 atom stereocenters. The molecule has 2 aliphatic rings. The minimum atomic E-state index is 0.800. The summed E-state index contributed by atoms with van der Waals surface area (Å²) in [5.41, 5.74) is 5.13. The van der Waals surface area contributed by atoms with Crippen LogP contribution in [0.2, 0.25) is 0 Å². The highest BCUT2D eigenvalue weighted by atomic mass is 14.4. The van der Waals surface area contributed by atoms with E-state index in [9.17, 15) is 0 Å². The van der Waals surface area contributed by atoms with Crippen LogP contribution in [0.25, 0.3) is 0 Å². The van der Waals surface area contributed by atoms with Crippen LogP contribution < -0.4 is 0 Å². The van der Waals surface area contributed by atoms with E-state index in [0.29, 0.717) is 0 Å². The molecule has 0 fully saturated rings. The fourth-order valence-electron chi connectivity index (χ4n) is 3.87. The van der Waals surface area contributed by atoms with E-state index in [1.807, 2.05) is 0 Å². The minimum absolute atomic E-state index is 0.800. The van der Waals surface area contributed by atoms with Gasteiger partial charge in [0, 0.05) is 0 Å². The van der Waals surface area contributed by atoms with Crippen LogP contribution in [-0.2, 0) is 6.42 Å². The summed E-state index contributed by atoms with van der Waals surface area (Å²) in [7, 11) is 0. The minimum Gasteiger partial charge on any atom is -0.0622 e. The second-order valence-corrected chi connectivity index (χ2v) is 5.94. The summed E-state index contributed by atoms with van der Waals surface area (Å²) in [6.07, 6.45) is 7.03. The van der Waals surface area contributed by atoms with E-state index in [1.165, 1.54) is 32.1 Å². The molecule has 1 aromatic carbocycles. The van der Waals surface area contributed by atoms with Gasteiger partial charge in [-0.15, -0.1) is 0 Å². The fraction of sp³-hybridized carbons (Fsp3) is 0.625. The first-order valence-electron chi connectivity index (χ1n) is 6.89. The third-order valence-electron chi connectivity index (χ3n) is 4.67. The van der Waals surface area contributed by atoms with Crippen molar-refractivity contribution in [3.8, 4) is 0 Å². The molecule has 2 aliphatic carbocycles. The number of benzene rings is 1. The van der Waals surface area contributed by atoms with Crippen molar-refractivity contribution < 1.29 is 0 Å². The van der Waals surface area contributed by atoms with Crippen molar-refractivity contribution in [2.75, 3.05) is 0 Å². The Morgan fingerprint density at radius 2 is 2.00 bits per heavy atom. The van der Waals surface area contributed by atoms with Crippen LogP contribution in [0.1, 0.15) is 68.1 Å². The monoisotopic (exact) mass is 214 g/mol. The zero-order valence-corrected chi connectivity index (χ0v) is 10.5. The molecule has 16 heavy (non-hydrogen) atoms. The Balaban J connectivity index is 2.11. The van der Waals surface area contributed by atoms with Gasteiger partial charge in [0.05, 0.1) is 0 Å². The molecule has 0 spiro atoms. The first-order chi connectivity index (χ1) is 7.77. The van der Waals surface area contributed by atoms with Crippen LogP contribution in [0.15, 0.2) is 18.2 Å². The summed E-state index contributed by atoms with van der Waals surface area (Å²) in [5.74, 6) is 2.52. The summed E-state index contributed by atoms with van der Waals surface area (Å²) in [6, 6.07) is 7.06. The van der Waals surface area contributed by atoms with Gasteiger partial charge in [0.2, 0.25) is 0 Å². The van der Waals surface area contributed by atoms with Gasteiger partial charge in [0.1, 0.15) is 0 Å². The normalized spacial score (nSPS) is 27.9. The van der Waals surface area contributed by atoms with Gasteiger partial charge >= 0.3 is 0 Å². The van der Waals surface area contributed by atoms with E-state index in [1.54, 1.807) is 16.7 Å². The van der Waals surface area contributed by atoms with Gasteiger partial charge in [-0.1, -0.05) is 32.0 Å². The van der Waals surface area contributed by atoms with E-state index in [0.717, 1.165) is 17.8 Å². The van der Waals surface area contributed by atoms with Crippen molar-refractivity contribution in [2.45, 2.75) is 57.8 Å². The molecular formula is C16H22. The molecule has 0 heteroatoms. The van der Waals surface area contributed by atoms with E-state index in [-0.39, 0.29) is 0 Å². The highest BCUT2D eigenvalue weighted by Gasteiger charge is 2.31. The number of hydrogen-bond donors (Lipinski definition) is 0. The quantitative estimate of drug-likeness (QED) is 0.639. The lowest BCUT2D eigenvalue weighted by Crippen LogP contribution is -2.22. The molecule has 0 heterocycles. The summed E-state index contributed by atoms with van der Waals surface area (Å²) in [5, 5.41) is 0. The van der Waals surface area contributed by atoms with Crippen LogP contribution in [0.4, 0.5) is 0 Å². The lowest BCUT2D eigenvalue weighted by atomic mass is 9.67. The second kappa shape index (κ2) is 3.91. The molecular weight excluding hydrogens is 192 g/mol. The first kappa shape index (κ1) is 10.4.